The Labute approximate surface area is 149 Å². The Morgan fingerprint density at radius 2 is 2.12 bits per heavy atom. The van der Waals surface area contributed by atoms with E-state index in [1.54, 1.807) is 6.92 Å². The molecule has 1 amide bonds. The second kappa shape index (κ2) is 7.83. The third-order valence-corrected chi connectivity index (χ3v) is 5.01. The topological polar surface area (TPSA) is 104 Å². The average Bonchev–Trinajstić information content (AvgIpc) is 2.88. The van der Waals surface area contributed by atoms with Crippen LogP contribution in [-0.2, 0) is 24.1 Å². The lowest BCUT2D eigenvalue weighted by molar-refractivity contribution is -0.117. The Bertz CT molecular complexity index is 815. The van der Waals surface area contributed by atoms with Gasteiger partial charge in [-0.3, -0.25) is 19.8 Å². The molecule has 0 unspecified atom stereocenters. The molecule has 0 atom stereocenters. The van der Waals surface area contributed by atoms with Crippen molar-refractivity contribution in [2.45, 2.75) is 39.5 Å². The predicted octanol–water partition coefficient (Wildman–Crippen LogP) is 0.922. The van der Waals surface area contributed by atoms with Crippen molar-refractivity contribution >= 4 is 22.4 Å². The summed E-state index contributed by atoms with van der Waals surface area (Å²) in [5.41, 5.74) is 1.52. The maximum Gasteiger partial charge on any atom is 0.254 e. The van der Waals surface area contributed by atoms with Crippen LogP contribution in [0.15, 0.2) is 4.79 Å². The minimum Gasteiger partial charge on any atom is -0.311 e. The first kappa shape index (κ1) is 17.7. The van der Waals surface area contributed by atoms with E-state index in [0.717, 1.165) is 29.1 Å². The first-order valence-corrected chi connectivity index (χ1v) is 9.30. The Balaban J connectivity index is 1.57. The molecule has 0 bridgehead atoms. The van der Waals surface area contributed by atoms with E-state index in [-0.39, 0.29) is 18.0 Å². The maximum absolute atomic E-state index is 12.3. The van der Waals surface area contributed by atoms with Gasteiger partial charge in [-0.1, -0.05) is 18.3 Å². The Morgan fingerprint density at radius 1 is 1.32 bits per heavy atom. The zero-order chi connectivity index (χ0) is 17.8. The molecule has 3 heterocycles. The van der Waals surface area contributed by atoms with Crippen molar-refractivity contribution in [3.63, 3.8) is 0 Å². The fourth-order valence-corrected chi connectivity index (χ4v) is 3.78. The van der Waals surface area contributed by atoms with E-state index in [2.05, 4.69) is 32.4 Å². The van der Waals surface area contributed by atoms with E-state index in [0.29, 0.717) is 36.9 Å². The fraction of sp³-hybridized carbons (Fsp3) is 0.562. The summed E-state index contributed by atoms with van der Waals surface area (Å²) in [6.07, 6.45) is 3.15. The van der Waals surface area contributed by atoms with Crippen molar-refractivity contribution in [3.8, 4) is 0 Å². The van der Waals surface area contributed by atoms with E-state index in [4.69, 9.17) is 0 Å². The van der Waals surface area contributed by atoms with Gasteiger partial charge in [-0.05, 0) is 19.8 Å². The van der Waals surface area contributed by atoms with Gasteiger partial charge in [0.25, 0.3) is 5.56 Å². The van der Waals surface area contributed by atoms with Gasteiger partial charge in [0, 0.05) is 31.5 Å². The first-order valence-electron chi connectivity index (χ1n) is 8.48. The highest BCUT2D eigenvalue weighted by molar-refractivity contribution is 7.15. The SMILES string of the molecule is CCCc1nnc(NC(=O)CN2CCc3nc(C)[nH]c(=O)c3CC2)s1. The molecular weight excluding hydrogens is 340 g/mol. The van der Waals surface area contributed by atoms with Crippen LogP contribution in [0.3, 0.4) is 0 Å². The summed E-state index contributed by atoms with van der Waals surface area (Å²) < 4.78 is 0. The van der Waals surface area contributed by atoms with Crippen LogP contribution in [0, 0.1) is 6.92 Å². The van der Waals surface area contributed by atoms with Gasteiger partial charge in [-0.2, -0.15) is 0 Å². The number of amides is 1. The molecule has 0 aromatic carbocycles. The summed E-state index contributed by atoms with van der Waals surface area (Å²) in [5.74, 6) is 0.525. The highest BCUT2D eigenvalue weighted by Crippen LogP contribution is 2.16. The van der Waals surface area contributed by atoms with E-state index < -0.39 is 0 Å². The molecule has 0 fully saturated rings. The molecule has 0 saturated heterocycles. The summed E-state index contributed by atoms with van der Waals surface area (Å²) in [6, 6.07) is 0. The summed E-state index contributed by atoms with van der Waals surface area (Å²) in [4.78, 5) is 33.5. The predicted molar refractivity (Wildman–Crippen MR) is 96.0 cm³/mol. The molecule has 0 radical (unpaired) electrons. The van der Waals surface area contributed by atoms with Crippen molar-refractivity contribution in [1.29, 1.82) is 0 Å². The largest absolute Gasteiger partial charge is 0.311 e. The lowest BCUT2D eigenvalue weighted by atomic mass is 10.1. The number of carbonyl (C=O) groups excluding carboxylic acids is 1. The second-order valence-corrected chi connectivity index (χ2v) is 7.21. The molecule has 134 valence electrons. The fourth-order valence-electron chi connectivity index (χ4n) is 2.92. The number of nitrogens with zero attached hydrogens (tertiary/aromatic N) is 4. The van der Waals surface area contributed by atoms with E-state index in [1.165, 1.54) is 11.3 Å². The zero-order valence-electron chi connectivity index (χ0n) is 14.5. The smallest absolute Gasteiger partial charge is 0.254 e. The zero-order valence-corrected chi connectivity index (χ0v) is 15.3. The molecule has 9 heteroatoms. The minimum absolute atomic E-state index is 0.0638. The number of rotatable bonds is 5. The Hall–Kier alpha value is -2.13. The van der Waals surface area contributed by atoms with Crippen molar-refractivity contribution in [2.75, 3.05) is 25.0 Å². The van der Waals surface area contributed by atoms with Gasteiger partial charge in [-0.15, -0.1) is 10.2 Å². The van der Waals surface area contributed by atoms with Gasteiger partial charge in [0.1, 0.15) is 10.8 Å². The van der Waals surface area contributed by atoms with Crippen molar-refractivity contribution < 1.29 is 4.79 Å². The van der Waals surface area contributed by atoms with Crippen molar-refractivity contribution in [1.82, 2.24) is 25.1 Å². The molecule has 2 N–H and O–H groups in total. The van der Waals surface area contributed by atoms with Crippen LogP contribution in [0.2, 0.25) is 0 Å². The van der Waals surface area contributed by atoms with Crippen LogP contribution in [-0.4, -0.2) is 50.6 Å². The number of hydrogen-bond acceptors (Lipinski definition) is 7. The average molecular weight is 362 g/mol. The number of H-pyrrole nitrogens is 1. The Morgan fingerprint density at radius 3 is 2.92 bits per heavy atom. The van der Waals surface area contributed by atoms with Crippen LogP contribution in [0.25, 0.3) is 0 Å². The molecule has 0 saturated carbocycles. The molecular formula is C16H22N6O2S. The van der Waals surface area contributed by atoms with Gasteiger partial charge in [0.2, 0.25) is 11.0 Å². The molecule has 0 aliphatic carbocycles. The normalized spacial score (nSPS) is 14.8. The number of aromatic amines is 1. The van der Waals surface area contributed by atoms with Gasteiger partial charge in [0.05, 0.1) is 12.2 Å². The second-order valence-electron chi connectivity index (χ2n) is 6.15. The standard InChI is InChI=1S/C16H22N6O2S/c1-3-4-14-20-21-16(25-14)19-13(23)9-22-7-5-11-12(6-8-22)17-10(2)18-15(11)24/h3-9H2,1-2H3,(H,17,18,24)(H,19,21,23). The highest BCUT2D eigenvalue weighted by Gasteiger charge is 2.20. The number of aryl methyl sites for hydroxylation is 2. The van der Waals surface area contributed by atoms with Gasteiger partial charge < -0.3 is 4.98 Å². The van der Waals surface area contributed by atoms with E-state index in [9.17, 15) is 9.59 Å². The molecule has 1 aliphatic heterocycles. The molecule has 2 aromatic heterocycles. The number of carbonyl (C=O) groups is 1. The number of aromatic nitrogens is 4. The van der Waals surface area contributed by atoms with Gasteiger partial charge in [0.15, 0.2) is 0 Å². The van der Waals surface area contributed by atoms with Crippen LogP contribution < -0.4 is 10.9 Å². The van der Waals surface area contributed by atoms with Crippen LogP contribution in [0.4, 0.5) is 5.13 Å². The van der Waals surface area contributed by atoms with E-state index >= 15 is 0 Å². The summed E-state index contributed by atoms with van der Waals surface area (Å²) >= 11 is 1.42. The molecule has 0 spiro atoms. The summed E-state index contributed by atoms with van der Waals surface area (Å²) in [7, 11) is 0. The van der Waals surface area contributed by atoms with Crippen molar-refractivity contribution in [2.24, 2.45) is 0 Å². The number of hydrogen-bond donors (Lipinski definition) is 2. The lowest BCUT2D eigenvalue weighted by Crippen LogP contribution is -2.35. The number of nitrogens with one attached hydrogen (secondary N) is 2. The van der Waals surface area contributed by atoms with Crippen LogP contribution >= 0.6 is 11.3 Å². The molecule has 3 rings (SSSR count). The van der Waals surface area contributed by atoms with Crippen LogP contribution in [0.1, 0.15) is 35.4 Å². The van der Waals surface area contributed by atoms with Gasteiger partial charge in [-0.25, -0.2) is 4.98 Å². The highest BCUT2D eigenvalue weighted by atomic mass is 32.1. The minimum atomic E-state index is -0.108. The third-order valence-electron chi connectivity index (χ3n) is 4.11. The third kappa shape index (κ3) is 4.49. The molecule has 2 aromatic rings. The van der Waals surface area contributed by atoms with Crippen molar-refractivity contribution in [3.05, 3.63) is 32.4 Å². The Kier molecular flexibility index (Phi) is 5.54. The lowest BCUT2D eigenvalue weighted by Gasteiger charge is -2.18. The van der Waals surface area contributed by atoms with Crippen LogP contribution in [0.5, 0.6) is 0 Å². The molecule has 25 heavy (non-hydrogen) atoms. The van der Waals surface area contributed by atoms with E-state index in [1.807, 2.05) is 4.90 Å². The quantitative estimate of drug-likeness (QED) is 0.820. The number of fused-ring (bicyclic) bond motifs is 1. The summed E-state index contributed by atoms with van der Waals surface area (Å²) in [5, 5.41) is 12.3. The summed E-state index contributed by atoms with van der Waals surface area (Å²) in [6.45, 7) is 5.50. The molecule has 8 nitrogen and oxygen atoms in total. The van der Waals surface area contributed by atoms with Gasteiger partial charge >= 0.3 is 0 Å². The maximum atomic E-state index is 12.3. The monoisotopic (exact) mass is 362 g/mol. The molecule has 1 aliphatic rings. The first-order chi connectivity index (χ1) is 12.0. The number of anilines is 1.